The third-order valence-corrected chi connectivity index (χ3v) is 7.60. The molecule has 10 nitrogen and oxygen atoms in total. The number of phenols is 1. The van der Waals surface area contributed by atoms with Crippen molar-refractivity contribution in [3.05, 3.63) is 77.9 Å². The van der Waals surface area contributed by atoms with Gasteiger partial charge in [0.05, 0.1) is 12.0 Å². The first-order valence-corrected chi connectivity index (χ1v) is 15.5. The molecule has 10 heteroatoms. The van der Waals surface area contributed by atoms with Crippen molar-refractivity contribution in [3.63, 3.8) is 0 Å². The monoisotopic (exact) mass is 621 g/mol. The van der Waals surface area contributed by atoms with Crippen LogP contribution in [0.1, 0.15) is 65.0 Å². The predicted octanol–water partition coefficient (Wildman–Crippen LogP) is 5.15. The summed E-state index contributed by atoms with van der Waals surface area (Å²) < 4.78 is 5.47. The number of carboxylic acid groups (broad SMARTS) is 1. The molecule has 0 bridgehead atoms. The van der Waals surface area contributed by atoms with Crippen molar-refractivity contribution in [2.45, 2.75) is 90.6 Å². The molecule has 0 spiro atoms. The van der Waals surface area contributed by atoms with E-state index in [2.05, 4.69) is 5.32 Å². The van der Waals surface area contributed by atoms with Crippen LogP contribution in [-0.2, 0) is 32.0 Å². The normalized spacial score (nSPS) is 17.1. The van der Waals surface area contributed by atoms with E-state index in [4.69, 9.17) is 4.74 Å². The zero-order valence-electron chi connectivity index (χ0n) is 26.9. The van der Waals surface area contributed by atoms with Gasteiger partial charge in [0.2, 0.25) is 12.3 Å². The van der Waals surface area contributed by atoms with Gasteiger partial charge in [-0.15, -0.1) is 0 Å². The molecule has 1 aliphatic rings. The Kier molecular flexibility index (Phi) is 12.6. The van der Waals surface area contributed by atoms with Crippen LogP contribution >= 0.6 is 0 Å². The van der Waals surface area contributed by atoms with Crippen LogP contribution in [0.15, 0.2) is 66.7 Å². The van der Waals surface area contributed by atoms with Crippen molar-refractivity contribution in [3.8, 4) is 5.75 Å². The largest absolute Gasteiger partial charge is 0.508 e. The molecule has 0 aliphatic carbocycles. The zero-order valence-corrected chi connectivity index (χ0v) is 26.9. The SMILES string of the molecule is CC(C)C[C@@H](/C=C/[C@H](Cc1ccccc1)C(=O)N1CCC[C@H]1N(C=O)[C@@H](Cc1ccc(O)cc1)C(=O)O)NC(=O)OC(C)(C)C. The van der Waals surface area contributed by atoms with Gasteiger partial charge in [0, 0.05) is 13.0 Å². The van der Waals surface area contributed by atoms with Gasteiger partial charge in [0.15, 0.2) is 0 Å². The number of alkyl carbamates (subject to hydrolysis) is 1. The van der Waals surface area contributed by atoms with Crippen LogP contribution in [0.3, 0.4) is 0 Å². The number of ether oxygens (including phenoxy) is 1. The fraction of sp³-hybridized carbons (Fsp3) is 0.486. The third kappa shape index (κ3) is 11.0. The molecule has 0 radical (unpaired) electrons. The Morgan fingerprint density at radius 1 is 1.02 bits per heavy atom. The van der Waals surface area contributed by atoms with Crippen LogP contribution in [0, 0.1) is 11.8 Å². The topological polar surface area (TPSA) is 136 Å². The summed E-state index contributed by atoms with van der Waals surface area (Å²) >= 11 is 0. The number of amides is 3. The molecule has 3 rings (SSSR count). The maximum Gasteiger partial charge on any atom is 0.408 e. The molecular weight excluding hydrogens is 574 g/mol. The van der Waals surface area contributed by atoms with Gasteiger partial charge < -0.3 is 30.1 Å². The van der Waals surface area contributed by atoms with Crippen molar-refractivity contribution in [2.24, 2.45) is 11.8 Å². The zero-order chi connectivity index (χ0) is 33.1. The lowest BCUT2D eigenvalue weighted by molar-refractivity contribution is -0.154. The van der Waals surface area contributed by atoms with Crippen molar-refractivity contribution in [1.29, 1.82) is 0 Å². The van der Waals surface area contributed by atoms with Gasteiger partial charge >= 0.3 is 12.1 Å². The molecule has 3 amide bonds. The standard InChI is InChI=1S/C35H47N3O7/c1-24(2)20-28(36-34(44)45-35(3,4)5)16-15-27(21-25-10-7-6-8-11-25)32(41)37-19-9-12-31(37)38(23-39)30(33(42)43)22-26-13-17-29(40)18-14-26/h6-8,10-11,13-18,23-24,27-28,30-31,40H,9,12,19-22H2,1-5H3,(H,36,44)(H,42,43)/b16-15+/t27-,28-,30+,31-/m1/s1. The number of carbonyl (C=O) groups excluding carboxylic acids is 3. The highest BCUT2D eigenvalue weighted by atomic mass is 16.6. The molecule has 0 saturated carbocycles. The number of rotatable bonds is 14. The van der Waals surface area contributed by atoms with E-state index < -0.39 is 35.8 Å². The second-order valence-corrected chi connectivity index (χ2v) is 13.0. The Morgan fingerprint density at radius 2 is 1.67 bits per heavy atom. The Hall–Kier alpha value is -4.34. The fourth-order valence-electron chi connectivity index (χ4n) is 5.58. The van der Waals surface area contributed by atoms with Crippen LogP contribution in [0.25, 0.3) is 0 Å². The van der Waals surface area contributed by atoms with Crippen molar-refractivity contribution < 1.29 is 34.1 Å². The number of carbonyl (C=O) groups is 4. The number of nitrogens with one attached hydrogen (secondary N) is 1. The van der Waals surface area contributed by atoms with Gasteiger partial charge in [0.1, 0.15) is 23.6 Å². The highest BCUT2D eigenvalue weighted by Crippen LogP contribution is 2.27. The quantitative estimate of drug-likeness (QED) is 0.196. The minimum absolute atomic E-state index is 0.0213. The van der Waals surface area contributed by atoms with E-state index in [1.807, 2.05) is 56.3 Å². The Morgan fingerprint density at radius 3 is 2.24 bits per heavy atom. The molecule has 1 aliphatic heterocycles. The van der Waals surface area contributed by atoms with E-state index in [9.17, 15) is 29.4 Å². The number of hydrogen-bond acceptors (Lipinski definition) is 6. The number of nitrogens with zero attached hydrogens (tertiary/aromatic N) is 2. The molecule has 3 N–H and O–H groups in total. The highest BCUT2D eigenvalue weighted by Gasteiger charge is 2.40. The van der Waals surface area contributed by atoms with E-state index >= 15 is 0 Å². The summed E-state index contributed by atoms with van der Waals surface area (Å²) in [5.74, 6) is -1.72. The molecule has 1 heterocycles. The lowest BCUT2D eigenvalue weighted by Crippen LogP contribution is -2.55. The lowest BCUT2D eigenvalue weighted by atomic mass is 9.95. The average Bonchev–Trinajstić information content (AvgIpc) is 3.44. The minimum Gasteiger partial charge on any atom is -0.508 e. The van der Waals surface area contributed by atoms with Crippen LogP contribution < -0.4 is 5.32 Å². The third-order valence-electron chi connectivity index (χ3n) is 7.60. The van der Waals surface area contributed by atoms with Crippen LogP contribution in [-0.4, -0.2) is 74.8 Å². The Bertz CT molecular complexity index is 1300. The molecule has 244 valence electrons. The molecule has 4 atom stereocenters. The first-order valence-electron chi connectivity index (χ1n) is 15.5. The summed E-state index contributed by atoms with van der Waals surface area (Å²) in [6.07, 6.45) is 4.99. The van der Waals surface area contributed by atoms with Crippen LogP contribution in [0.5, 0.6) is 5.75 Å². The smallest absolute Gasteiger partial charge is 0.408 e. The summed E-state index contributed by atoms with van der Waals surface area (Å²) in [5.41, 5.74) is 0.925. The first kappa shape index (κ1) is 35.1. The summed E-state index contributed by atoms with van der Waals surface area (Å²) in [7, 11) is 0. The van der Waals surface area contributed by atoms with Crippen molar-refractivity contribution >= 4 is 24.4 Å². The van der Waals surface area contributed by atoms with Gasteiger partial charge in [-0.05, 0) is 75.6 Å². The van der Waals surface area contributed by atoms with Gasteiger partial charge in [-0.3, -0.25) is 9.59 Å². The molecular formula is C35H47N3O7. The van der Waals surface area contributed by atoms with Crippen LogP contribution in [0.2, 0.25) is 0 Å². The molecule has 0 unspecified atom stereocenters. The number of aromatic hydroxyl groups is 1. The molecule has 1 saturated heterocycles. The van der Waals surface area contributed by atoms with Gasteiger partial charge in [-0.25, -0.2) is 9.59 Å². The molecule has 2 aromatic carbocycles. The van der Waals surface area contributed by atoms with Gasteiger partial charge in [-0.2, -0.15) is 0 Å². The average molecular weight is 622 g/mol. The number of benzene rings is 2. The van der Waals surface area contributed by atoms with E-state index in [0.717, 1.165) is 5.56 Å². The van der Waals surface area contributed by atoms with Gasteiger partial charge in [-0.1, -0.05) is 68.5 Å². The molecule has 0 aromatic heterocycles. The Labute approximate surface area is 266 Å². The van der Waals surface area contributed by atoms with E-state index in [1.54, 1.807) is 37.8 Å². The van der Waals surface area contributed by atoms with Crippen LogP contribution in [0.4, 0.5) is 4.79 Å². The van der Waals surface area contributed by atoms with Crippen molar-refractivity contribution in [1.82, 2.24) is 15.1 Å². The predicted molar refractivity (Wildman–Crippen MR) is 171 cm³/mol. The van der Waals surface area contributed by atoms with E-state index in [-0.39, 0.29) is 30.0 Å². The number of phenolic OH excluding ortho intramolecular Hbond substituents is 1. The maximum atomic E-state index is 14.3. The summed E-state index contributed by atoms with van der Waals surface area (Å²) in [5, 5.41) is 22.7. The summed E-state index contributed by atoms with van der Waals surface area (Å²) in [4.78, 5) is 54.6. The summed E-state index contributed by atoms with van der Waals surface area (Å²) in [6, 6.07) is 14.2. The fourth-order valence-corrected chi connectivity index (χ4v) is 5.58. The van der Waals surface area contributed by atoms with E-state index in [1.165, 1.54) is 17.0 Å². The number of likely N-dealkylation sites (tertiary alicyclic amines) is 1. The highest BCUT2D eigenvalue weighted by molar-refractivity contribution is 5.82. The second-order valence-electron chi connectivity index (χ2n) is 13.0. The van der Waals surface area contributed by atoms with Crippen molar-refractivity contribution in [2.75, 3.05) is 6.54 Å². The van der Waals surface area contributed by atoms with Gasteiger partial charge in [0.25, 0.3) is 0 Å². The molecule has 45 heavy (non-hydrogen) atoms. The lowest BCUT2D eigenvalue weighted by Gasteiger charge is -2.37. The minimum atomic E-state index is -1.21. The first-order chi connectivity index (χ1) is 21.3. The molecule has 1 fully saturated rings. The van der Waals surface area contributed by atoms with E-state index in [0.29, 0.717) is 44.2 Å². The number of hydrogen-bond donors (Lipinski definition) is 3. The number of aliphatic carboxylic acids is 1. The Balaban J connectivity index is 1.89. The number of carboxylic acids is 1. The summed E-state index contributed by atoms with van der Waals surface area (Å²) in [6.45, 7) is 9.85. The molecule has 2 aromatic rings. The second kappa shape index (κ2) is 16.1. The maximum absolute atomic E-state index is 14.3.